The molecule has 0 spiro atoms. The van der Waals surface area contributed by atoms with Gasteiger partial charge in [-0.1, -0.05) is 30.3 Å². The maximum Gasteiger partial charge on any atom is 0.312 e. The van der Waals surface area contributed by atoms with Crippen molar-refractivity contribution in [2.45, 2.75) is 25.7 Å². The van der Waals surface area contributed by atoms with Gasteiger partial charge in [-0.05, 0) is 48.1 Å². The van der Waals surface area contributed by atoms with E-state index in [2.05, 4.69) is 12.1 Å². The minimum atomic E-state index is -0.351. The predicted molar refractivity (Wildman–Crippen MR) is 81.4 cm³/mol. The van der Waals surface area contributed by atoms with Gasteiger partial charge in [-0.15, -0.1) is 0 Å². The first kappa shape index (κ1) is 13.7. The number of ether oxygens (including phenoxy) is 1. The van der Waals surface area contributed by atoms with Crippen molar-refractivity contribution < 1.29 is 14.6 Å². The first-order valence-corrected chi connectivity index (χ1v) is 7.14. The first-order chi connectivity index (χ1) is 10.1. The molecule has 1 atom stereocenters. The standard InChI is InChI=1S/C18H18O3/c1-11(18(20)21-2)13-9-10-16(19)15-8-7-12-5-3-4-6-14(12)17(13)15/h3-6,9-11,19H,7-8H2,1-2H3. The zero-order chi connectivity index (χ0) is 15.0. The van der Waals surface area contributed by atoms with Crippen molar-refractivity contribution in [1.82, 2.24) is 0 Å². The van der Waals surface area contributed by atoms with E-state index in [4.69, 9.17) is 4.74 Å². The van der Waals surface area contributed by atoms with Crippen LogP contribution in [0.1, 0.15) is 29.5 Å². The molecule has 2 aromatic rings. The van der Waals surface area contributed by atoms with Crippen molar-refractivity contribution >= 4 is 5.97 Å². The summed E-state index contributed by atoms with van der Waals surface area (Å²) in [5.74, 6) is -0.304. The second-order valence-electron chi connectivity index (χ2n) is 5.43. The number of aryl methyl sites for hydroxylation is 1. The highest BCUT2D eigenvalue weighted by molar-refractivity contribution is 5.85. The fourth-order valence-electron chi connectivity index (χ4n) is 3.13. The molecule has 0 saturated carbocycles. The molecule has 1 unspecified atom stereocenters. The number of fused-ring (bicyclic) bond motifs is 3. The zero-order valence-corrected chi connectivity index (χ0v) is 12.2. The molecule has 0 bridgehead atoms. The molecule has 1 N–H and O–H groups in total. The number of carbonyl (C=O) groups excluding carboxylic acids is 1. The monoisotopic (exact) mass is 282 g/mol. The second kappa shape index (κ2) is 5.24. The highest BCUT2D eigenvalue weighted by atomic mass is 16.5. The summed E-state index contributed by atoms with van der Waals surface area (Å²) in [5, 5.41) is 10.2. The Kier molecular flexibility index (Phi) is 3.42. The van der Waals surface area contributed by atoms with Gasteiger partial charge in [0.2, 0.25) is 0 Å². The molecular weight excluding hydrogens is 264 g/mol. The summed E-state index contributed by atoms with van der Waals surface area (Å²) in [5.41, 5.74) is 5.22. The van der Waals surface area contributed by atoms with Gasteiger partial charge in [-0.2, -0.15) is 0 Å². The predicted octanol–water partition coefficient (Wildman–Crippen LogP) is 3.43. The molecule has 0 heterocycles. The van der Waals surface area contributed by atoms with E-state index < -0.39 is 0 Å². The summed E-state index contributed by atoms with van der Waals surface area (Å²) in [4.78, 5) is 11.9. The van der Waals surface area contributed by atoms with Gasteiger partial charge < -0.3 is 9.84 Å². The molecule has 3 heteroatoms. The molecule has 3 nitrogen and oxygen atoms in total. The Labute approximate surface area is 124 Å². The molecular formula is C18H18O3. The number of phenols is 1. The number of methoxy groups -OCH3 is 1. The molecule has 0 amide bonds. The van der Waals surface area contributed by atoms with Crippen LogP contribution < -0.4 is 0 Å². The lowest BCUT2D eigenvalue weighted by molar-refractivity contribution is -0.141. The first-order valence-electron chi connectivity index (χ1n) is 7.14. The molecule has 3 rings (SSSR count). The summed E-state index contributed by atoms with van der Waals surface area (Å²) in [6.45, 7) is 1.84. The smallest absolute Gasteiger partial charge is 0.312 e. The Morgan fingerprint density at radius 1 is 1.19 bits per heavy atom. The molecule has 1 aliphatic rings. The van der Waals surface area contributed by atoms with Gasteiger partial charge >= 0.3 is 5.97 Å². The summed E-state index contributed by atoms with van der Waals surface area (Å²) in [6, 6.07) is 11.7. The Hall–Kier alpha value is -2.29. The average molecular weight is 282 g/mol. The fraction of sp³-hybridized carbons (Fsp3) is 0.278. The van der Waals surface area contributed by atoms with Crippen molar-refractivity contribution in [3.05, 3.63) is 53.1 Å². The van der Waals surface area contributed by atoms with Crippen LogP contribution in [0.5, 0.6) is 5.75 Å². The summed E-state index contributed by atoms with van der Waals surface area (Å²) in [7, 11) is 1.40. The second-order valence-corrected chi connectivity index (χ2v) is 5.43. The van der Waals surface area contributed by atoms with Gasteiger partial charge in [0.1, 0.15) is 5.75 Å². The fourth-order valence-corrected chi connectivity index (χ4v) is 3.13. The lowest BCUT2D eigenvalue weighted by atomic mass is 9.80. The normalized spacial score (nSPS) is 14.0. The van der Waals surface area contributed by atoms with E-state index in [0.717, 1.165) is 35.1 Å². The number of hydrogen-bond donors (Lipinski definition) is 1. The molecule has 0 radical (unpaired) electrons. The zero-order valence-electron chi connectivity index (χ0n) is 12.2. The lowest BCUT2D eigenvalue weighted by Crippen LogP contribution is -2.15. The minimum absolute atomic E-state index is 0.258. The van der Waals surface area contributed by atoms with Crippen LogP contribution in [0, 0.1) is 0 Å². The third-order valence-corrected chi connectivity index (χ3v) is 4.27. The van der Waals surface area contributed by atoms with Gasteiger partial charge in [0.25, 0.3) is 0 Å². The van der Waals surface area contributed by atoms with Crippen LogP contribution in [0.2, 0.25) is 0 Å². The van der Waals surface area contributed by atoms with Crippen molar-refractivity contribution in [3.63, 3.8) is 0 Å². The summed E-state index contributed by atoms with van der Waals surface area (Å²) in [6.07, 6.45) is 1.70. The molecule has 0 fully saturated rings. The maximum atomic E-state index is 11.9. The highest BCUT2D eigenvalue weighted by Crippen LogP contribution is 2.42. The number of esters is 1. The molecule has 0 saturated heterocycles. The third kappa shape index (κ3) is 2.19. The Bertz CT molecular complexity index is 704. The van der Waals surface area contributed by atoms with E-state index >= 15 is 0 Å². The third-order valence-electron chi connectivity index (χ3n) is 4.27. The van der Waals surface area contributed by atoms with Crippen molar-refractivity contribution in [2.24, 2.45) is 0 Å². The Balaban J connectivity index is 2.24. The van der Waals surface area contributed by atoms with Crippen LogP contribution in [0.25, 0.3) is 11.1 Å². The minimum Gasteiger partial charge on any atom is -0.508 e. The van der Waals surface area contributed by atoms with Crippen LogP contribution >= 0.6 is 0 Å². The van der Waals surface area contributed by atoms with E-state index in [9.17, 15) is 9.90 Å². The molecule has 2 aromatic carbocycles. The van der Waals surface area contributed by atoms with E-state index in [1.165, 1.54) is 12.7 Å². The van der Waals surface area contributed by atoms with Crippen molar-refractivity contribution in [3.8, 4) is 16.9 Å². The largest absolute Gasteiger partial charge is 0.508 e. The molecule has 108 valence electrons. The quantitative estimate of drug-likeness (QED) is 0.858. The number of hydrogen-bond acceptors (Lipinski definition) is 3. The molecule has 1 aliphatic carbocycles. The topological polar surface area (TPSA) is 46.5 Å². The summed E-state index contributed by atoms with van der Waals surface area (Å²) < 4.78 is 4.87. The van der Waals surface area contributed by atoms with Crippen LogP contribution in [0.3, 0.4) is 0 Å². The average Bonchev–Trinajstić information content (AvgIpc) is 2.53. The van der Waals surface area contributed by atoms with Gasteiger partial charge in [-0.25, -0.2) is 0 Å². The van der Waals surface area contributed by atoms with Gasteiger partial charge in [0, 0.05) is 5.56 Å². The van der Waals surface area contributed by atoms with Crippen molar-refractivity contribution in [2.75, 3.05) is 7.11 Å². The number of benzene rings is 2. The van der Waals surface area contributed by atoms with Crippen LogP contribution in [0.4, 0.5) is 0 Å². The van der Waals surface area contributed by atoms with Crippen LogP contribution in [0.15, 0.2) is 36.4 Å². The maximum absolute atomic E-state index is 11.9. The van der Waals surface area contributed by atoms with Crippen molar-refractivity contribution in [1.29, 1.82) is 0 Å². The number of rotatable bonds is 2. The van der Waals surface area contributed by atoms with Gasteiger partial charge in [0.05, 0.1) is 13.0 Å². The number of carbonyl (C=O) groups is 1. The highest BCUT2D eigenvalue weighted by Gasteiger charge is 2.26. The van der Waals surface area contributed by atoms with E-state index in [-0.39, 0.29) is 11.9 Å². The van der Waals surface area contributed by atoms with E-state index in [1.807, 2.05) is 25.1 Å². The van der Waals surface area contributed by atoms with E-state index in [1.54, 1.807) is 6.07 Å². The lowest BCUT2D eigenvalue weighted by Gasteiger charge is -2.25. The Morgan fingerprint density at radius 2 is 1.95 bits per heavy atom. The molecule has 0 aliphatic heterocycles. The van der Waals surface area contributed by atoms with E-state index in [0.29, 0.717) is 5.75 Å². The van der Waals surface area contributed by atoms with Gasteiger partial charge in [-0.3, -0.25) is 4.79 Å². The Morgan fingerprint density at radius 3 is 2.71 bits per heavy atom. The van der Waals surface area contributed by atoms with Gasteiger partial charge in [0.15, 0.2) is 0 Å². The summed E-state index contributed by atoms with van der Waals surface area (Å²) >= 11 is 0. The van der Waals surface area contributed by atoms with Crippen LogP contribution in [-0.2, 0) is 22.4 Å². The van der Waals surface area contributed by atoms with Crippen LogP contribution in [-0.4, -0.2) is 18.2 Å². The molecule has 0 aromatic heterocycles. The SMILES string of the molecule is COC(=O)C(C)c1ccc(O)c2c1-c1ccccc1CC2. The molecule has 21 heavy (non-hydrogen) atoms. The number of phenolic OH excluding ortho intramolecular Hbond substituents is 1. The number of aromatic hydroxyl groups is 1.